The summed E-state index contributed by atoms with van der Waals surface area (Å²) in [7, 11) is 3.74. The van der Waals surface area contributed by atoms with Crippen LogP contribution in [0.1, 0.15) is 10.4 Å². The van der Waals surface area contributed by atoms with E-state index in [9.17, 15) is 4.79 Å². The summed E-state index contributed by atoms with van der Waals surface area (Å²) in [5, 5.41) is 2.95. The van der Waals surface area contributed by atoms with Gasteiger partial charge in [-0.15, -0.1) is 11.8 Å². The van der Waals surface area contributed by atoms with Gasteiger partial charge in [0.1, 0.15) is 5.82 Å². The van der Waals surface area contributed by atoms with Crippen molar-refractivity contribution < 1.29 is 4.79 Å². The Bertz CT molecular complexity index is 614. The van der Waals surface area contributed by atoms with E-state index in [0.29, 0.717) is 11.4 Å². The van der Waals surface area contributed by atoms with E-state index in [1.165, 1.54) is 0 Å². The van der Waals surface area contributed by atoms with Crippen molar-refractivity contribution in [3.05, 3.63) is 48.2 Å². The van der Waals surface area contributed by atoms with E-state index in [4.69, 9.17) is 0 Å². The Morgan fingerprint density at radius 3 is 2.65 bits per heavy atom. The minimum atomic E-state index is -0.150. The maximum atomic E-state index is 12.4. The number of carbonyl (C=O) groups excluding carboxylic acids is 1. The van der Waals surface area contributed by atoms with Gasteiger partial charge in [-0.2, -0.15) is 0 Å². The molecule has 0 saturated carbocycles. The number of benzene rings is 1. The smallest absolute Gasteiger partial charge is 0.259 e. The first-order valence-electron chi connectivity index (χ1n) is 6.20. The zero-order valence-electron chi connectivity index (χ0n) is 11.8. The Kier molecular flexibility index (Phi) is 4.63. The predicted molar refractivity (Wildman–Crippen MR) is 84.7 cm³/mol. The van der Waals surface area contributed by atoms with Gasteiger partial charge < -0.3 is 10.2 Å². The molecular weight excluding hydrogens is 270 g/mol. The number of carbonyl (C=O) groups is 1. The Morgan fingerprint density at radius 1 is 1.20 bits per heavy atom. The SMILES string of the molecule is CSc1ccccc1NC(=O)c1cccnc1N(C)C. The molecule has 0 bridgehead atoms. The van der Waals surface area contributed by atoms with Gasteiger partial charge in [0.05, 0.1) is 11.3 Å². The standard InChI is InChI=1S/C15H17N3OS/c1-18(2)14-11(7-6-10-16-14)15(19)17-12-8-4-5-9-13(12)20-3/h4-10H,1-3H3,(H,17,19). The van der Waals surface area contributed by atoms with Crippen LogP contribution in [-0.4, -0.2) is 31.2 Å². The van der Waals surface area contributed by atoms with Gasteiger partial charge in [0.2, 0.25) is 0 Å². The summed E-state index contributed by atoms with van der Waals surface area (Å²) in [4.78, 5) is 19.5. The van der Waals surface area contributed by atoms with Crippen molar-refractivity contribution in [3.8, 4) is 0 Å². The molecular formula is C15H17N3OS. The number of pyridine rings is 1. The lowest BCUT2D eigenvalue weighted by Crippen LogP contribution is -2.19. The summed E-state index contributed by atoms with van der Waals surface area (Å²) in [6, 6.07) is 11.3. The topological polar surface area (TPSA) is 45.2 Å². The Morgan fingerprint density at radius 2 is 1.95 bits per heavy atom. The molecule has 1 N–H and O–H groups in total. The van der Waals surface area contributed by atoms with Gasteiger partial charge in [-0.1, -0.05) is 12.1 Å². The molecule has 0 aliphatic heterocycles. The van der Waals surface area contributed by atoms with E-state index in [1.54, 1.807) is 30.1 Å². The fraction of sp³-hybridized carbons (Fsp3) is 0.200. The van der Waals surface area contributed by atoms with Crippen LogP contribution in [0.25, 0.3) is 0 Å². The van der Waals surface area contributed by atoms with E-state index in [2.05, 4.69) is 10.3 Å². The summed E-state index contributed by atoms with van der Waals surface area (Å²) in [6.45, 7) is 0. The lowest BCUT2D eigenvalue weighted by molar-refractivity contribution is 0.102. The Hall–Kier alpha value is -2.01. The van der Waals surface area contributed by atoms with Crippen LogP contribution in [0.2, 0.25) is 0 Å². The van der Waals surface area contributed by atoms with Gasteiger partial charge in [-0.25, -0.2) is 4.98 Å². The third kappa shape index (κ3) is 3.11. The predicted octanol–water partition coefficient (Wildman–Crippen LogP) is 3.12. The van der Waals surface area contributed by atoms with Gasteiger partial charge in [0, 0.05) is 25.2 Å². The maximum absolute atomic E-state index is 12.4. The van der Waals surface area contributed by atoms with E-state index >= 15 is 0 Å². The molecule has 4 nitrogen and oxygen atoms in total. The average molecular weight is 287 g/mol. The van der Waals surface area contributed by atoms with Crippen LogP contribution in [0.3, 0.4) is 0 Å². The number of amides is 1. The number of nitrogens with one attached hydrogen (secondary N) is 1. The lowest BCUT2D eigenvalue weighted by Gasteiger charge is -2.16. The molecule has 0 spiro atoms. The van der Waals surface area contributed by atoms with E-state index in [1.807, 2.05) is 49.5 Å². The molecule has 2 rings (SSSR count). The Labute approximate surface area is 123 Å². The summed E-state index contributed by atoms with van der Waals surface area (Å²) < 4.78 is 0. The first-order chi connectivity index (χ1) is 9.63. The molecule has 0 aliphatic carbocycles. The molecule has 0 aliphatic rings. The number of anilines is 2. The van der Waals surface area contributed by atoms with Crippen LogP contribution in [0.15, 0.2) is 47.5 Å². The van der Waals surface area contributed by atoms with Crippen molar-refractivity contribution in [1.29, 1.82) is 0 Å². The molecule has 20 heavy (non-hydrogen) atoms. The summed E-state index contributed by atoms with van der Waals surface area (Å²) in [6.07, 6.45) is 3.67. The number of para-hydroxylation sites is 1. The Balaban J connectivity index is 2.29. The average Bonchev–Trinajstić information content (AvgIpc) is 2.47. The molecule has 0 unspecified atom stereocenters. The zero-order chi connectivity index (χ0) is 14.5. The van der Waals surface area contributed by atoms with Crippen LogP contribution in [-0.2, 0) is 0 Å². The van der Waals surface area contributed by atoms with Crippen LogP contribution >= 0.6 is 11.8 Å². The highest BCUT2D eigenvalue weighted by atomic mass is 32.2. The van der Waals surface area contributed by atoms with Crippen molar-refractivity contribution in [1.82, 2.24) is 4.98 Å². The normalized spacial score (nSPS) is 10.2. The van der Waals surface area contributed by atoms with Crippen molar-refractivity contribution in [3.63, 3.8) is 0 Å². The van der Waals surface area contributed by atoms with Gasteiger partial charge in [-0.05, 0) is 30.5 Å². The third-order valence-corrected chi connectivity index (χ3v) is 3.61. The number of nitrogens with zero attached hydrogens (tertiary/aromatic N) is 2. The van der Waals surface area contributed by atoms with E-state index < -0.39 is 0 Å². The second-order valence-electron chi connectivity index (χ2n) is 4.42. The van der Waals surface area contributed by atoms with Gasteiger partial charge >= 0.3 is 0 Å². The lowest BCUT2D eigenvalue weighted by atomic mass is 10.2. The number of rotatable bonds is 4. The number of hydrogen-bond donors (Lipinski definition) is 1. The summed E-state index contributed by atoms with van der Waals surface area (Å²) in [5.74, 6) is 0.509. The molecule has 0 saturated heterocycles. The van der Waals surface area contributed by atoms with Crippen molar-refractivity contribution in [2.45, 2.75) is 4.90 Å². The van der Waals surface area contributed by atoms with Crippen LogP contribution in [0, 0.1) is 0 Å². The molecule has 1 heterocycles. The van der Waals surface area contributed by atoms with Crippen molar-refractivity contribution >= 4 is 29.2 Å². The fourth-order valence-electron chi connectivity index (χ4n) is 1.87. The zero-order valence-corrected chi connectivity index (χ0v) is 12.6. The van der Waals surface area contributed by atoms with Crippen LogP contribution < -0.4 is 10.2 Å². The van der Waals surface area contributed by atoms with Gasteiger partial charge in [0.25, 0.3) is 5.91 Å². The molecule has 0 fully saturated rings. The molecule has 1 aromatic carbocycles. The molecule has 2 aromatic rings. The number of hydrogen-bond acceptors (Lipinski definition) is 4. The second-order valence-corrected chi connectivity index (χ2v) is 5.27. The number of thioether (sulfide) groups is 1. The highest BCUT2D eigenvalue weighted by Gasteiger charge is 2.14. The molecule has 0 atom stereocenters. The monoisotopic (exact) mass is 287 g/mol. The maximum Gasteiger partial charge on any atom is 0.259 e. The van der Waals surface area contributed by atoms with Gasteiger partial charge in [0.15, 0.2) is 0 Å². The van der Waals surface area contributed by atoms with Crippen molar-refractivity contribution in [2.75, 3.05) is 30.6 Å². The highest BCUT2D eigenvalue weighted by Crippen LogP contribution is 2.26. The van der Waals surface area contributed by atoms with E-state index in [0.717, 1.165) is 10.6 Å². The minimum absolute atomic E-state index is 0.150. The summed E-state index contributed by atoms with van der Waals surface area (Å²) in [5.41, 5.74) is 1.38. The minimum Gasteiger partial charge on any atom is -0.362 e. The molecule has 5 heteroatoms. The van der Waals surface area contributed by atoms with Gasteiger partial charge in [-0.3, -0.25) is 4.79 Å². The van der Waals surface area contributed by atoms with E-state index in [-0.39, 0.29) is 5.91 Å². The molecule has 1 amide bonds. The first-order valence-corrected chi connectivity index (χ1v) is 7.42. The molecule has 104 valence electrons. The summed E-state index contributed by atoms with van der Waals surface area (Å²) >= 11 is 1.60. The second kappa shape index (κ2) is 6.43. The molecule has 1 aromatic heterocycles. The highest BCUT2D eigenvalue weighted by molar-refractivity contribution is 7.98. The molecule has 0 radical (unpaired) electrons. The first kappa shape index (κ1) is 14.4. The largest absolute Gasteiger partial charge is 0.362 e. The fourth-order valence-corrected chi connectivity index (χ4v) is 2.42. The van der Waals surface area contributed by atoms with Crippen LogP contribution in [0.4, 0.5) is 11.5 Å². The quantitative estimate of drug-likeness (QED) is 0.878. The van der Waals surface area contributed by atoms with Crippen LogP contribution in [0.5, 0.6) is 0 Å². The third-order valence-electron chi connectivity index (χ3n) is 2.81. The van der Waals surface area contributed by atoms with Crippen molar-refractivity contribution in [2.24, 2.45) is 0 Å². The number of aromatic nitrogens is 1.